The molecule has 4 heteroatoms. The number of nitro groups is 1. The second kappa shape index (κ2) is 15.8. The van der Waals surface area contributed by atoms with Crippen LogP contribution in [-0.4, -0.2) is 11.2 Å². The molecule has 0 unspecified atom stereocenters. The van der Waals surface area contributed by atoms with Crippen molar-refractivity contribution in [3.63, 3.8) is 0 Å². The zero-order chi connectivity index (χ0) is 16.5. The molecule has 0 aliphatic heterocycles. The molecular formula is C18H29NO3. The second-order valence-electron chi connectivity index (χ2n) is 5.45. The van der Waals surface area contributed by atoms with E-state index in [9.17, 15) is 14.9 Å². The van der Waals surface area contributed by atoms with E-state index in [0.29, 0.717) is 6.42 Å². The molecule has 0 aromatic carbocycles. The standard InChI is InChI=1S/C18H29NO3/c1-2-3-4-5-9-12-15-18(19(21)22)16-13-10-7-6-8-11-14-17-20/h16-17H,2-8,10-11,13-15H2,1H3/b18-16-. The van der Waals surface area contributed by atoms with Crippen molar-refractivity contribution >= 4 is 6.29 Å². The van der Waals surface area contributed by atoms with Gasteiger partial charge < -0.3 is 4.79 Å². The number of rotatable bonds is 13. The first-order valence-electron chi connectivity index (χ1n) is 8.45. The van der Waals surface area contributed by atoms with Crippen LogP contribution in [-0.2, 0) is 4.79 Å². The molecule has 0 heterocycles. The molecule has 0 aliphatic rings. The fourth-order valence-electron chi connectivity index (χ4n) is 2.09. The Morgan fingerprint density at radius 1 is 1.00 bits per heavy atom. The Morgan fingerprint density at radius 3 is 2.32 bits per heavy atom. The van der Waals surface area contributed by atoms with Gasteiger partial charge in [-0.25, -0.2) is 0 Å². The number of carbonyl (C=O) groups is 1. The summed E-state index contributed by atoms with van der Waals surface area (Å²) in [6, 6.07) is 0. The van der Waals surface area contributed by atoms with Crippen LogP contribution < -0.4 is 0 Å². The molecule has 0 aliphatic carbocycles. The first-order chi connectivity index (χ1) is 10.7. The van der Waals surface area contributed by atoms with E-state index in [1.807, 2.05) is 0 Å². The van der Waals surface area contributed by atoms with Crippen LogP contribution in [0.15, 0.2) is 11.8 Å². The van der Waals surface area contributed by atoms with E-state index in [4.69, 9.17) is 0 Å². The van der Waals surface area contributed by atoms with Crippen LogP contribution in [0, 0.1) is 22.0 Å². The highest BCUT2D eigenvalue weighted by Gasteiger charge is 2.07. The number of aldehydes is 1. The van der Waals surface area contributed by atoms with Gasteiger partial charge in [0.1, 0.15) is 6.29 Å². The van der Waals surface area contributed by atoms with Gasteiger partial charge in [-0.15, -0.1) is 5.92 Å². The van der Waals surface area contributed by atoms with Crippen molar-refractivity contribution in [2.75, 3.05) is 0 Å². The van der Waals surface area contributed by atoms with Gasteiger partial charge in [0.15, 0.2) is 0 Å². The molecule has 0 amide bonds. The van der Waals surface area contributed by atoms with Crippen LogP contribution in [0.1, 0.15) is 84.0 Å². The number of carbonyl (C=O) groups excluding carboxylic acids is 1. The van der Waals surface area contributed by atoms with Crippen molar-refractivity contribution in [1.82, 2.24) is 0 Å². The van der Waals surface area contributed by atoms with Crippen molar-refractivity contribution in [1.29, 1.82) is 0 Å². The lowest BCUT2D eigenvalue weighted by Gasteiger charge is -1.98. The maximum Gasteiger partial charge on any atom is 0.254 e. The maximum atomic E-state index is 10.9. The third-order valence-corrected chi connectivity index (χ3v) is 3.44. The van der Waals surface area contributed by atoms with Crippen molar-refractivity contribution in [3.8, 4) is 11.8 Å². The Bertz CT molecular complexity index is 391. The average Bonchev–Trinajstić information content (AvgIpc) is 2.50. The van der Waals surface area contributed by atoms with Crippen LogP contribution >= 0.6 is 0 Å². The highest BCUT2D eigenvalue weighted by atomic mass is 16.6. The lowest BCUT2D eigenvalue weighted by molar-refractivity contribution is -0.426. The second-order valence-corrected chi connectivity index (χ2v) is 5.45. The summed E-state index contributed by atoms with van der Waals surface area (Å²) in [6.45, 7) is 2.14. The van der Waals surface area contributed by atoms with Gasteiger partial charge >= 0.3 is 0 Å². The van der Waals surface area contributed by atoms with Crippen molar-refractivity contribution in [3.05, 3.63) is 21.9 Å². The molecule has 0 aromatic rings. The quantitative estimate of drug-likeness (QED) is 0.157. The summed E-state index contributed by atoms with van der Waals surface area (Å²) >= 11 is 0. The predicted octanol–water partition coefficient (Wildman–Crippen LogP) is 5.05. The van der Waals surface area contributed by atoms with E-state index < -0.39 is 0 Å². The van der Waals surface area contributed by atoms with Gasteiger partial charge in [-0.05, 0) is 31.8 Å². The Balaban J connectivity index is 3.86. The summed E-state index contributed by atoms with van der Waals surface area (Å²) in [5.41, 5.74) is 0.226. The molecule has 0 fully saturated rings. The molecule has 0 saturated heterocycles. The van der Waals surface area contributed by atoms with E-state index in [1.165, 1.54) is 6.42 Å². The van der Waals surface area contributed by atoms with E-state index in [2.05, 4.69) is 18.8 Å². The number of unbranched alkanes of at least 4 members (excludes halogenated alkanes) is 9. The summed E-state index contributed by atoms with van der Waals surface area (Å²) in [6.07, 6.45) is 13.7. The fourth-order valence-corrected chi connectivity index (χ4v) is 2.09. The number of hydrogen-bond acceptors (Lipinski definition) is 3. The molecule has 0 radical (unpaired) electrons. The molecule has 0 N–H and O–H groups in total. The lowest BCUT2D eigenvalue weighted by Crippen LogP contribution is -1.97. The van der Waals surface area contributed by atoms with Crippen LogP contribution in [0.3, 0.4) is 0 Å². The van der Waals surface area contributed by atoms with Gasteiger partial charge in [-0.3, -0.25) is 10.1 Å². The van der Waals surface area contributed by atoms with Crippen LogP contribution in [0.2, 0.25) is 0 Å². The molecule has 0 spiro atoms. The average molecular weight is 307 g/mol. The zero-order valence-corrected chi connectivity index (χ0v) is 13.8. The molecule has 124 valence electrons. The summed E-state index contributed by atoms with van der Waals surface area (Å²) in [5, 5.41) is 10.9. The third-order valence-electron chi connectivity index (χ3n) is 3.44. The van der Waals surface area contributed by atoms with Gasteiger partial charge in [0.25, 0.3) is 5.70 Å². The smallest absolute Gasteiger partial charge is 0.254 e. The van der Waals surface area contributed by atoms with E-state index in [1.54, 1.807) is 6.08 Å². The third kappa shape index (κ3) is 13.4. The SMILES string of the molecule is CCCCCC#CC/C(=C/CCCCCCCC=O)[N+](=O)[O-]. The van der Waals surface area contributed by atoms with Crippen molar-refractivity contribution < 1.29 is 9.72 Å². The monoisotopic (exact) mass is 307 g/mol. The molecule has 0 saturated carbocycles. The lowest BCUT2D eigenvalue weighted by atomic mass is 10.1. The molecule has 0 aromatic heterocycles. The molecule has 0 atom stereocenters. The molecule has 22 heavy (non-hydrogen) atoms. The maximum absolute atomic E-state index is 10.9. The molecule has 0 bridgehead atoms. The summed E-state index contributed by atoms with van der Waals surface area (Å²) in [7, 11) is 0. The Kier molecular flexibility index (Phi) is 14.6. The fraction of sp³-hybridized carbons (Fsp3) is 0.722. The number of allylic oxidation sites excluding steroid dienone is 2. The largest absolute Gasteiger partial charge is 0.303 e. The summed E-state index contributed by atoms with van der Waals surface area (Å²) in [5.74, 6) is 5.92. The minimum atomic E-state index is -0.315. The normalized spacial score (nSPS) is 10.9. The minimum Gasteiger partial charge on any atom is -0.303 e. The first kappa shape index (κ1) is 20.4. The van der Waals surface area contributed by atoms with E-state index in [0.717, 1.165) is 64.1 Å². The van der Waals surface area contributed by atoms with Crippen LogP contribution in [0.25, 0.3) is 0 Å². The van der Waals surface area contributed by atoms with E-state index >= 15 is 0 Å². The van der Waals surface area contributed by atoms with Crippen molar-refractivity contribution in [2.24, 2.45) is 0 Å². The summed E-state index contributed by atoms with van der Waals surface area (Å²) < 4.78 is 0. The van der Waals surface area contributed by atoms with Gasteiger partial charge in [-0.1, -0.05) is 44.9 Å². The zero-order valence-electron chi connectivity index (χ0n) is 13.8. The first-order valence-corrected chi connectivity index (χ1v) is 8.45. The molecule has 4 nitrogen and oxygen atoms in total. The van der Waals surface area contributed by atoms with Crippen LogP contribution in [0.4, 0.5) is 0 Å². The van der Waals surface area contributed by atoms with Gasteiger partial charge in [-0.2, -0.15) is 0 Å². The Morgan fingerprint density at radius 2 is 1.68 bits per heavy atom. The van der Waals surface area contributed by atoms with Gasteiger partial charge in [0, 0.05) is 12.8 Å². The molecular weight excluding hydrogens is 278 g/mol. The van der Waals surface area contributed by atoms with Crippen molar-refractivity contribution in [2.45, 2.75) is 84.0 Å². The molecule has 0 rings (SSSR count). The highest BCUT2D eigenvalue weighted by molar-refractivity contribution is 5.48. The Hall–Kier alpha value is -1.63. The topological polar surface area (TPSA) is 60.2 Å². The van der Waals surface area contributed by atoms with E-state index in [-0.39, 0.29) is 17.0 Å². The van der Waals surface area contributed by atoms with Gasteiger partial charge in [0.05, 0.1) is 11.3 Å². The van der Waals surface area contributed by atoms with Gasteiger partial charge in [0.2, 0.25) is 0 Å². The number of nitrogens with zero attached hydrogens (tertiary/aromatic N) is 1. The van der Waals surface area contributed by atoms with Crippen LogP contribution in [0.5, 0.6) is 0 Å². The highest BCUT2D eigenvalue weighted by Crippen LogP contribution is 2.10. The minimum absolute atomic E-state index is 0.226. The predicted molar refractivity (Wildman–Crippen MR) is 90.0 cm³/mol. The number of hydrogen-bond donors (Lipinski definition) is 0. The Labute approximate surface area is 134 Å². The summed E-state index contributed by atoms with van der Waals surface area (Å²) in [4.78, 5) is 20.8.